The lowest BCUT2D eigenvalue weighted by Gasteiger charge is -2.45. The van der Waals surface area contributed by atoms with Crippen molar-refractivity contribution in [2.45, 2.75) is 45.4 Å². The summed E-state index contributed by atoms with van der Waals surface area (Å²) in [5.41, 5.74) is -0.124. The SMILES string of the molecule is C[C@H]1OCCN(C(C)(C)C)[C@@H]1C(=O)O. The summed E-state index contributed by atoms with van der Waals surface area (Å²) < 4.78 is 5.35. The molecule has 14 heavy (non-hydrogen) atoms. The Morgan fingerprint density at radius 3 is 2.43 bits per heavy atom. The number of hydrogen-bond donors (Lipinski definition) is 1. The Morgan fingerprint density at radius 1 is 1.50 bits per heavy atom. The van der Waals surface area contributed by atoms with Crippen LogP contribution in [0.5, 0.6) is 0 Å². The first-order valence-corrected chi connectivity index (χ1v) is 4.95. The summed E-state index contributed by atoms with van der Waals surface area (Å²) in [6, 6.07) is -0.524. The molecule has 4 heteroatoms. The molecular weight excluding hydrogens is 182 g/mol. The van der Waals surface area contributed by atoms with E-state index in [1.54, 1.807) is 0 Å². The number of carbonyl (C=O) groups is 1. The molecule has 0 spiro atoms. The van der Waals surface area contributed by atoms with Crippen LogP contribution in [0.1, 0.15) is 27.7 Å². The van der Waals surface area contributed by atoms with Gasteiger partial charge in [-0.3, -0.25) is 9.69 Å². The van der Waals surface area contributed by atoms with Crippen LogP contribution in [-0.2, 0) is 9.53 Å². The predicted molar refractivity (Wildman–Crippen MR) is 53.3 cm³/mol. The van der Waals surface area contributed by atoms with Gasteiger partial charge in [0.1, 0.15) is 6.04 Å². The molecule has 1 rings (SSSR count). The highest BCUT2D eigenvalue weighted by Gasteiger charge is 2.40. The van der Waals surface area contributed by atoms with Gasteiger partial charge in [0, 0.05) is 12.1 Å². The van der Waals surface area contributed by atoms with Gasteiger partial charge < -0.3 is 9.84 Å². The molecule has 82 valence electrons. The van der Waals surface area contributed by atoms with E-state index in [4.69, 9.17) is 9.84 Å². The average molecular weight is 201 g/mol. The maximum absolute atomic E-state index is 11.1. The molecule has 1 aliphatic heterocycles. The molecule has 1 heterocycles. The van der Waals surface area contributed by atoms with Gasteiger partial charge in [0.25, 0.3) is 0 Å². The van der Waals surface area contributed by atoms with E-state index >= 15 is 0 Å². The first kappa shape index (κ1) is 11.5. The molecule has 1 N–H and O–H groups in total. The van der Waals surface area contributed by atoms with E-state index in [-0.39, 0.29) is 11.6 Å². The molecule has 0 radical (unpaired) electrons. The van der Waals surface area contributed by atoms with Gasteiger partial charge in [-0.2, -0.15) is 0 Å². The highest BCUT2D eigenvalue weighted by molar-refractivity contribution is 5.74. The number of carboxylic acids is 1. The second-order valence-electron chi connectivity index (χ2n) is 4.72. The Kier molecular flexibility index (Phi) is 3.17. The van der Waals surface area contributed by atoms with Crippen LogP contribution < -0.4 is 0 Å². The van der Waals surface area contributed by atoms with E-state index in [0.717, 1.165) is 0 Å². The van der Waals surface area contributed by atoms with Gasteiger partial charge in [0.05, 0.1) is 12.7 Å². The molecule has 0 saturated carbocycles. The van der Waals surface area contributed by atoms with Crippen molar-refractivity contribution in [1.29, 1.82) is 0 Å². The van der Waals surface area contributed by atoms with Crippen LogP contribution >= 0.6 is 0 Å². The molecule has 0 aromatic carbocycles. The van der Waals surface area contributed by atoms with Gasteiger partial charge in [0.15, 0.2) is 0 Å². The monoisotopic (exact) mass is 201 g/mol. The van der Waals surface area contributed by atoms with Crippen molar-refractivity contribution in [3.63, 3.8) is 0 Å². The maximum atomic E-state index is 11.1. The van der Waals surface area contributed by atoms with Crippen LogP contribution in [0.25, 0.3) is 0 Å². The van der Waals surface area contributed by atoms with Crippen LogP contribution in [-0.4, -0.2) is 46.8 Å². The summed E-state index contributed by atoms with van der Waals surface area (Å²) in [5, 5.41) is 9.12. The van der Waals surface area contributed by atoms with Crippen LogP contribution in [0, 0.1) is 0 Å². The summed E-state index contributed by atoms with van der Waals surface area (Å²) in [5.74, 6) is -0.799. The first-order chi connectivity index (χ1) is 6.34. The van der Waals surface area contributed by atoms with Crippen molar-refractivity contribution in [2.24, 2.45) is 0 Å². The third-order valence-corrected chi connectivity index (χ3v) is 2.61. The minimum atomic E-state index is -0.799. The van der Waals surface area contributed by atoms with Gasteiger partial charge in [-0.1, -0.05) is 0 Å². The number of carboxylic acid groups (broad SMARTS) is 1. The zero-order valence-electron chi connectivity index (χ0n) is 9.28. The molecule has 0 amide bonds. The summed E-state index contributed by atoms with van der Waals surface area (Å²) in [7, 11) is 0. The molecule has 2 atom stereocenters. The number of ether oxygens (including phenoxy) is 1. The summed E-state index contributed by atoms with van der Waals surface area (Å²) in [6.45, 7) is 9.20. The van der Waals surface area contributed by atoms with Gasteiger partial charge >= 0.3 is 5.97 Å². The quantitative estimate of drug-likeness (QED) is 0.686. The van der Waals surface area contributed by atoms with Crippen molar-refractivity contribution < 1.29 is 14.6 Å². The van der Waals surface area contributed by atoms with E-state index in [9.17, 15) is 4.79 Å². The molecule has 0 unspecified atom stereocenters. The zero-order valence-corrected chi connectivity index (χ0v) is 9.28. The zero-order chi connectivity index (χ0) is 10.9. The molecule has 1 saturated heterocycles. The second kappa shape index (κ2) is 3.87. The highest BCUT2D eigenvalue weighted by Crippen LogP contribution is 2.23. The number of hydrogen-bond acceptors (Lipinski definition) is 3. The van der Waals surface area contributed by atoms with Crippen molar-refractivity contribution in [1.82, 2.24) is 4.90 Å². The predicted octanol–water partition coefficient (Wildman–Crippen LogP) is 0.959. The average Bonchev–Trinajstić information content (AvgIpc) is 2.01. The minimum Gasteiger partial charge on any atom is -0.480 e. The lowest BCUT2D eigenvalue weighted by molar-refractivity contribution is -0.162. The van der Waals surface area contributed by atoms with Crippen molar-refractivity contribution in [2.75, 3.05) is 13.2 Å². The Labute approximate surface area is 84.8 Å². The Hall–Kier alpha value is -0.610. The van der Waals surface area contributed by atoms with Crippen molar-refractivity contribution >= 4 is 5.97 Å². The Balaban J connectivity index is 2.86. The number of nitrogens with zero attached hydrogens (tertiary/aromatic N) is 1. The van der Waals surface area contributed by atoms with Crippen LogP contribution in [0.2, 0.25) is 0 Å². The summed E-state index contributed by atoms with van der Waals surface area (Å²) >= 11 is 0. The standard InChI is InChI=1S/C10H19NO3/c1-7-8(9(12)13)11(5-6-14-7)10(2,3)4/h7-8H,5-6H2,1-4H3,(H,12,13)/t7-,8+/m1/s1. The van der Waals surface area contributed by atoms with Gasteiger partial charge in [-0.05, 0) is 27.7 Å². The minimum absolute atomic E-state index is 0.124. The largest absolute Gasteiger partial charge is 0.480 e. The Bertz CT molecular complexity index is 222. The number of rotatable bonds is 1. The lowest BCUT2D eigenvalue weighted by atomic mass is 9.99. The maximum Gasteiger partial charge on any atom is 0.323 e. The highest BCUT2D eigenvalue weighted by atomic mass is 16.5. The fourth-order valence-electron chi connectivity index (χ4n) is 1.91. The third-order valence-electron chi connectivity index (χ3n) is 2.61. The Morgan fingerprint density at radius 2 is 2.07 bits per heavy atom. The molecule has 0 aliphatic carbocycles. The number of morpholine rings is 1. The molecule has 0 aromatic rings. The van der Waals surface area contributed by atoms with E-state index < -0.39 is 12.0 Å². The fourth-order valence-corrected chi connectivity index (χ4v) is 1.91. The van der Waals surface area contributed by atoms with Crippen molar-refractivity contribution in [3.8, 4) is 0 Å². The molecule has 1 fully saturated rings. The molecule has 1 aliphatic rings. The topological polar surface area (TPSA) is 49.8 Å². The molecule has 0 bridgehead atoms. The van der Waals surface area contributed by atoms with Crippen LogP contribution in [0.4, 0.5) is 0 Å². The van der Waals surface area contributed by atoms with E-state index in [0.29, 0.717) is 13.2 Å². The first-order valence-electron chi connectivity index (χ1n) is 4.95. The molecular formula is C10H19NO3. The fraction of sp³-hybridized carbons (Fsp3) is 0.900. The van der Waals surface area contributed by atoms with Crippen molar-refractivity contribution in [3.05, 3.63) is 0 Å². The second-order valence-corrected chi connectivity index (χ2v) is 4.72. The molecule has 0 aromatic heterocycles. The summed E-state index contributed by atoms with van der Waals surface area (Å²) in [4.78, 5) is 13.1. The lowest BCUT2D eigenvalue weighted by Crippen LogP contribution is -2.60. The van der Waals surface area contributed by atoms with Crippen LogP contribution in [0.3, 0.4) is 0 Å². The van der Waals surface area contributed by atoms with E-state index in [2.05, 4.69) is 0 Å². The van der Waals surface area contributed by atoms with Gasteiger partial charge in [-0.15, -0.1) is 0 Å². The smallest absolute Gasteiger partial charge is 0.323 e. The van der Waals surface area contributed by atoms with Crippen LogP contribution in [0.15, 0.2) is 0 Å². The van der Waals surface area contributed by atoms with Gasteiger partial charge in [0.2, 0.25) is 0 Å². The normalized spacial score (nSPS) is 30.3. The third kappa shape index (κ3) is 2.25. The van der Waals surface area contributed by atoms with E-state index in [1.807, 2.05) is 32.6 Å². The van der Waals surface area contributed by atoms with E-state index in [1.165, 1.54) is 0 Å². The summed E-state index contributed by atoms with van der Waals surface area (Å²) in [6.07, 6.45) is -0.236. The van der Waals surface area contributed by atoms with Gasteiger partial charge in [-0.25, -0.2) is 0 Å². The molecule has 4 nitrogen and oxygen atoms in total. The number of aliphatic carboxylic acids is 1.